The van der Waals surface area contributed by atoms with E-state index in [-0.39, 0.29) is 11.9 Å². The predicted octanol–water partition coefficient (Wildman–Crippen LogP) is 2.81. The Hall–Kier alpha value is -1.26. The van der Waals surface area contributed by atoms with Gasteiger partial charge in [0.15, 0.2) is 0 Å². The second kappa shape index (κ2) is 8.82. The van der Waals surface area contributed by atoms with E-state index in [2.05, 4.69) is 5.32 Å². The molecule has 0 unspecified atom stereocenters. The van der Waals surface area contributed by atoms with Crippen LogP contribution >= 0.6 is 0 Å². The molecule has 0 saturated carbocycles. The van der Waals surface area contributed by atoms with Gasteiger partial charge < -0.3 is 15.3 Å². The minimum atomic E-state index is -0.971. The number of nitrogens with zero attached hydrogens (tertiary/aromatic N) is 1. The van der Waals surface area contributed by atoms with Crippen LogP contribution in [0.4, 0.5) is 4.79 Å². The van der Waals surface area contributed by atoms with E-state index >= 15 is 0 Å². The van der Waals surface area contributed by atoms with Crippen LogP contribution in [0.5, 0.6) is 0 Å². The number of carbonyl (C=O) groups is 2. The van der Waals surface area contributed by atoms with Crippen molar-refractivity contribution in [2.24, 2.45) is 17.8 Å². The van der Waals surface area contributed by atoms with Crippen molar-refractivity contribution in [3.05, 3.63) is 0 Å². The van der Waals surface area contributed by atoms with E-state index in [1.54, 1.807) is 4.90 Å². The van der Waals surface area contributed by atoms with E-state index in [0.717, 1.165) is 0 Å². The lowest BCUT2D eigenvalue weighted by atomic mass is 9.99. The van der Waals surface area contributed by atoms with Gasteiger partial charge in [0, 0.05) is 13.1 Å². The third-order valence-electron chi connectivity index (χ3n) is 3.22. The van der Waals surface area contributed by atoms with Crippen LogP contribution in [0.15, 0.2) is 0 Å². The molecule has 2 N–H and O–H groups in total. The van der Waals surface area contributed by atoms with E-state index in [1.165, 1.54) is 0 Å². The number of nitrogens with one attached hydrogen (secondary N) is 1. The summed E-state index contributed by atoms with van der Waals surface area (Å²) in [7, 11) is 0. The highest BCUT2D eigenvalue weighted by molar-refractivity contribution is 5.82. The normalized spacial score (nSPS) is 14.2. The molecule has 0 radical (unpaired) electrons. The summed E-state index contributed by atoms with van der Waals surface area (Å²) in [6.45, 7) is 13.2. The monoisotopic (exact) mass is 286 g/mol. The molecular weight excluding hydrogens is 256 g/mol. The molecule has 0 aliphatic rings. The number of carboxylic acid groups (broad SMARTS) is 1. The molecular formula is C15H30N2O3. The lowest BCUT2D eigenvalue weighted by Gasteiger charge is -2.29. The number of rotatable bonds is 8. The van der Waals surface area contributed by atoms with Gasteiger partial charge >= 0.3 is 12.0 Å². The van der Waals surface area contributed by atoms with Crippen LogP contribution in [0.3, 0.4) is 0 Å². The van der Waals surface area contributed by atoms with Gasteiger partial charge in [0.25, 0.3) is 0 Å². The highest BCUT2D eigenvalue weighted by atomic mass is 16.4. The van der Waals surface area contributed by atoms with Gasteiger partial charge in [-0.25, -0.2) is 9.59 Å². The highest BCUT2D eigenvalue weighted by Crippen LogP contribution is 2.10. The fourth-order valence-corrected chi connectivity index (χ4v) is 2.03. The molecule has 0 aromatic rings. The Morgan fingerprint density at radius 2 is 1.50 bits per heavy atom. The first-order chi connectivity index (χ1) is 9.18. The fraction of sp³-hybridized carbons (Fsp3) is 0.867. The van der Waals surface area contributed by atoms with Gasteiger partial charge in [-0.3, -0.25) is 0 Å². The van der Waals surface area contributed by atoms with Crippen LogP contribution in [0, 0.1) is 17.8 Å². The fourth-order valence-electron chi connectivity index (χ4n) is 2.03. The Labute approximate surface area is 122 Å². The number of hydrogen-bond acceptors (Lipinski definition) is 2. The molecule has 0 rings (SSSR count). The maximum atomic E-state index is 12.3. The van der Waals surface area contributed by atoms with Crippen molar-refractivity contribution >= 4 is 12.0 Å². The summed E-state index contributed by atoms with van der Waals surface area (Å²) in [4.78, 5) is 25.3. The molecule has 5 nitrogen and oxygen atoms in total. The molecule has 0 aromatic carbocycles. The van der Waals surface area contributed by atoms with E-state index < -0.39 is 12.0 Å². The summed E-state index contributed by atoms with van der Waals surface area (Å²) in [6, 6.07) is -1.10. The third-order valence-corrected chi connectivity index (χ3v) is 3.22. The third kappa shape index (κ3) is 6.78. The molecule has 0 bridgehead atoms. The molecule has 0 aliphatic heterocycles. The maximum absolute atomic E-state index is 12.3. The predicted molar refractivity (Wildman–Crippen MR) is 80.7 cm³/mol. The first-order valence-electron chi connectivity index (χ1n) is 7.47. The topological polar surface area (TPSA) is 69.6 Å². The first-order valence-corrected chi connectivity index (χ1v) is 7.47. The van der Waals surface area contributed by atoms with Crippen molar-refractivity contribution in [2.75, 3.05) is 13.1 Å². The van der Waals surface area contributed by atoms with Crippen LogP contribution in [0.2, 0.25) is 0 Å². The molecule has 0 heterocycles. The average Bonchev–Trinajstić information content (AvgIpc) is 2.32. The number of carbonyl (C=O) groups excluding carboxylic acids is 1. The van der Waals surface area contributed by atoms with Crippen molar-refractivity contribution < 1.29 is 14.7 Å². The van der Waals surface area contributed by atoms with E-state index in [0.29, 0.717) is 31.3 Å². The van der Waals surface area contributed by atoms with Crippen molar-refractivity contribution in [2.45, 2.75) is 54.0 Å². The zero-order valence-corrected chi connectivity index (χ0v) is 13.6. The molecule has 118 valence electrons. The summed E-state index contributed by atoms with van der Waals surface area (Å²) in [5.74, 6) is -0.351. The zero-order valence-electron chi connectivity index (χ0n) is 13.6. The molecule has 0 aromatic heterocycles. The number of hydrogen-bond donors (Lipinski definition) is 2. The van der Waals surface area contributed by atoms with Crippen molar-refractivity contribution in [3.63, 3.8) is 0 Å². The standard InChI is InChI=1S/C15H30N2O3/c1-7-12(6)13(14(18)19)16-15(20)17(8-10(2)3)9-11(4)5/h10-13H,7-9H2,1-6H3,(H,16,20)(H,18,19)/t12-,13-/m0/s1. The van der Waals surface area contributed by atoms with E-state index in [4.69, 9.17) is 0 Å². The summed E-state index contributed by atoms with van der Waals surface area (Å²) in [5.41, 5.74) is 0. The van der Waals surface area contributed by atoms with Crippen molar-refractivity contribution in [1.29, 1.82) is 0 Å². The van der Waals surface area contributed by atoms with Crippen LogP contribution in [0.1, 0.15) is 48.0 Å². The number of amides is 2. The Kier molecular flexibility index (Phi) is 8.26. The van der Waals surface area contributed by atoms with Gasteiger partial charge in [0.05, 0.1) is 0 Å². The maximum Gasteiger partial charge on any atom is 0.326 e. The van der Waals surface area contributed by atoms with Gasteiger partial charge in [-0.15, -0.1) is 0 Å². The van der Waals surface area contributed by atoms with E-state index in [1.807, 2.05) is 41.5 Å². The van der Waals surface area contributed by atoms with Gasteiger partial charge in [0.2, 0.25) is 0 Å². The molecule has 0 aliphatic carbocycles. The Balaban J connectivity index is 4.82. The minimum Gasteiger partial charge on any atom is -0.480 e. The molecule has 2 amide bonds. The second-order valence-corrected chi connectivity index (χ2v) is 6.34. The van der Waals surface area contributed by atoms with Crippen LogP contribution in [-0.4, -0.2) is 41.1 Å². The Bertz CT molecular complexity index is 306. The molecule has 5 heteroatoms. The highest BCUT2D eigenvalue weighted by Gasteiger charge is 2.27. The lowest BCUT2D eigenvalue weighted by molar-refractivity contribution is -0.140. The molecule has 0 saturated heterocycles. The number of aliphatic carboxylic acids is 1. The van der Waals surface area contributed by atoms with Crippen molar-refractivity contribution in [3.8, 4) is 0 Å². The summed E-state index contributed by atoms with van der Waals surface area (Å²) in [6.07, 6.45) is 0.714. The molecule has 2 atom stereocenters. The lowest BCUT2D eigenvalue weighted by Crippen LogP contribution is -2.52. The molecule has 0 fully saturated rings. The number of carboxylic acids is 1. The zero-order chi connectivity index (χ0) is 15.9. The van der Waals surface area contributed by atoms with Gasteiger partial charge in [-0.2, -0.15) is 0 Å². The Morgan fingerprint density at radius 3 is 1.80 bits per heavy atom. The SMILES string of the molecule is CC[C@H](C)[C@H](NC(=O)N(CC(C)C)CC(C)C)C(=O)O. The van der Waals surface area contributed by atoms with Crippen LogP contribution < -0.4 is 5.32 Å². The quantitative estimate of drug-likeness (QED) is 0.721. The summed E-state index contributed by atoms with van der Waals surface area (Å²) in [5, 5.41) is 11.9. The van der Waals surface area contributed by atoms with Crippen LogP contribution in [-0.2, 0) is 4.79 Å². The molecule has 20 heavy (non-hydrogen) atoms. The smallest absolute Gasteiger partial charge is 0.326 e. The van der Waals surface area contributed by atoms with Gasteiger partial charge in [0.1, 0.15) is 6.04 Å². The van der Waals surface area contributed by atoms with Crippen molar-refractivity contribution in [1.82, 2.24) is 10.2 Å². The van der Waals surface area contributed by atoms with Crippen LogP contribution in [0.25, 0.3) is 0 Å². The second-order valence-electron chi connectivity index (χ2n) is 6.34. The summed E-state index contributed by atoms with van der Waals surface area (Å²) < 4.78 is 0. The van der Waals surface area contributed by atoms with E-state index in [9.17, 15) is 14.7 Å². The first kappa shape index (κ1) is 18.7. The van der Waals surface area contributed by atoms with Gasteiger partial charge in [-0.1, -0.05) is 48.0 Å². The Morgan fingerprint density at radius 1 is 1.05 bits per heavy atom. The number of urea groups is 1. The largest absolute Gasteiger partial charge is 0.480 e. The molecule has 0 spiro atoms. The average molecular weight is 286 g/mol. The summed E-state index contributed by atoms with van der Waals surface area (Å²) >= 11 is 0. The minimum absolute atomic E-state index is 0.0867. The van der Waals surface area contributed by atoms with Gasteiger partial charge in [-0.05, 0) is 17.8 Å².